The third kappa shape index (κ3) is 3.82. The Hall–Kier alpha value is -2.63. The number of ether oxygens (including phenoxy) is 1. The number of nitrogens with zero attached hydrogens (tertiary/aromatic N) is 2. The summed E-state index contributed by atoms with van der Waals surface area (Å²) in [5.41, 5.74) is 1.63. The van der Waals surface area contributed by atoms with E-state index >= 15 is 0 Å². The molecule has 0 spiro atoms. The van der Waals surface area contributed by atoms with Crippen molar-refractivity contribution in [3.8, 4) is 5.75 Å². The Morgan fingerprint density at radius 3 is 2.12 bits per heavy atom. The lowest BCUT2D eigenvalue weighted by atomic mass is 10.1. The van der Waals surface area contributed by atoms with Crippen LogP contribution in [0.15, 0.2) is 54.6 Å². The van der Waals surface area contributed by atoms with Crippen molar-refractivity contribution in [1.29, 1.82) is 0 Å². The van der Waals surface area contributed by atoms with Crippen LogP contribution in [0.3, 0.4) is 0 Å². The lowest BCUT2D eigenvalue weighted by Gasteiger charge is -2.36. The smallest absolute Gasteiger partial charge is 0.387 e. The van der Waals surface area contributed by atoms with Gasteiger partial charge >= 0.3 is 6.61 Å². The van der Waals surface area contributed by atoms with Crippen molar-refractivity contribution in [3.05, 3.63) is 60.2 Å². The molecule has 1 saturated heterocycles. The molecule has 2 aromatic rings. The van der Waals surface area contributed by atoms with Crippen molar-refractivity contribution in [2.75, 3.05) is 31.1 Å². The number of para-hydroxylation sites is 1. The molecule has 4 nitrogen and oxygen atoms in total. The van der Waals surface area contributed by atoms with Crippen LogP contribution in [-0.2, 0) is 0 Å². The molecule has 1 amide bonds. The quantitative estimate of drug-likeness (QED) is 0.862. The molecule has 0 bridgehead atoms. The number of carbonyl (C=O) groups is 1. The fourth-order valence-electron chi connectivity index (χ4n) is 2.77. The topological polar surface area (TPSA) is 32.8 Å². The fraction of sp³-hybridized carbons (Fsp3) is 0.278. The van der Waals surface area contributed by atoms with E-state index in [0.717, 1.165) is 18.8 Å². The molecular weight excluding hydrogens is 314 g/mol. The standard InChI is InChI=1S/C18H18F2N2O2/c19-18(20)24-16-8-6-14(7-9-16)17(23)22-12-10-21(11-13-22)15-4-2-1-3-5-15/h1-9,18H,10-13H2. The second-order valence-corrected chi connectivity index (χ2v) is 5.52. The zero-order chi connectivity index (χ0) is 16.9. The van der Waals surface area contributed by atoms with Gasteiger partial charge in [-0.05, 0) is 36.4 Å². The van der Waals surface area contributed by atoms with E-state index in [4.69, 9.17) is 0 Å². The van der Waals surface area contributed by atoms with Gasteiger partial charge in [-0.25, -0.2) is 0 Å². The molecule has 1 aliphatic rings. The molecule has 0 radical (unpaired) electrons. The molecule has 24 heavy (non-hydrogen) atoms. The van der Waals surface area contributed by atoms with Gasteiger partial charge in [0, 0.05) is 37.4 Å². The number of halogens is 2. The van der Waals surface area contributed by atoms with Gasteiger partial charge in [0.2, 0.25) is 0 Å². The van der Waals surface area contributed by atoms with Gasteiger partial charge in [-0.3, -0.25) is 4.79 Å². The SMILES string of the molecule is O=C(c1ccc(OC(F)F)cc1)N1CCN(c2ccccc2)CC1. The number of piperazine rings is 1. The van der Waals surface area contributed by atoms with Crippen LogP contribution < -0.4 is 9.64 Å². The average molecular weight is 332 g/mol. The Labute approximate surface area is 139 Å². The van der Waals surface area contributed by atoms with Crippen molar-refractivity contribution in [2.24, 2.45) is 0 Å². The largest absolute Gasteiger partial charge is 0.435 e. The van der Waals surface area contributed by atoms with Crippen LogP contribution >= 0.6 is 0 Å². The summed E-state index contributed by atoms with van der Waals surface area (Å²) in [4.78, 5) is 16.5. The molecule has 0 atom stereocenters. The highest BCUT2D eigenvalue weighted by Gasteiger charge is 2.22. The summed E-state index contributed by atoms with van der Waals surface area (Å²) < 4.78 is 28.6. The highest BCUT2D eigenvalue weighted by Crippen LogP contribution is 2.19. The lowest BCUT2D eigenvalue weighted by Crippen LogP contribution is -2.48. The summed E-state index contributed by atoms with van der Waals surface area (Å²) >= 11 is 0. The van der Waals surface area contributed by atoms with Crippen molar-refractivity contribution < 1.29 is 18.3 Å². The molecule has 1 aliphatic heterocycles. The Morgan fingerprint density at radius 1 is 0.917 bits per heavy atom. The molecule has 0 N–H and O–H groups in total. The minimum absolute atomic E-state index is 0.0513. The third-order valence-corrected chi connectivity index (χ3v) is 4.01. The zero-order valence-electron chi connectivity index (χ0n) is 13.1. The predicted octanol–water partition coefficient (Wildman–Crippen LogP) is 3.25. The summed E-state index contributed by atoms with van der Waals surface area (Å²) in [6, 6.07) is 15.9. The zero-order valence-corrected chi connectivity index (χ0v) is 13.1. The molecule has 0 aliphatic carbocycles. The molecule has 3 rings (SSSR count). The maximum Gasteiger partial charge on any atom is 0.387 e. The number of amides is 1. The van der Waals surface area contributed by atoms with Gasteiger partial charge in [0.25, 0.3) is 5.91 Å². The van der Waals surface area contributed by atoms with Crippen molar-refractivity contribution in [2.45, 2.75) is 6.61 Å². The third-order valence-electron chi connectivity index (χ3n) is 4.01. The van der Waals surface area contributed by atoms with E-state index in [1.54, 1.807) is 4.90 Å². The van der Waals surface area contributed by atoms with Crippen molar-refractivity contribution in [3.63, 3.8) is 0 Å². The van der Waals surface area contributed by atoms with Crippen LogP contribution in [0.4, 0.5) is 14.5 Å². The van der Waals surface area contributed by atoms with E-state index in [-0.39, 0.29) is 11.7 Å². The fourth-order valence-corrected chi connectivity index (χ4v) is 2.77. The Bertz CT molecular complexity index is 669. The minimum atomic E-state index is -2.86. The van der Waals surface area contributed by atoms with Gasteiger partial charge in [0.1, 0.15) is 5.75 Å². The van der Waals surface area contributed by atoms with Crippen LogP contribution in [0.25, 0.3) is 0 Å². The summed E-state index contributed by atoms with van der Waals surface area (Å²) in [5, 5.41) is 0. The average Bonchev–Trinajstić information content (AvgIpc) is 2.62. The number of carbonyl (C=O) groups excluding carboxylic acids is 1. The molecule has 126 valence electrons. The number of alkyl halides is 2. The van der Waals surface area contributed by atoms with Crippen LogP contribution in [0.2, 0.25) is 0 Å². The van der Waals surface area contributed by atoms with Crippen LogP contribution in [-0.4, -0.2) is 43.6 Å². The van der Waals surface area contributed by atoms with Gasteiger partial charge in [-0.15, -0.1) is 0 Å². The number of hydrogen-bond acceptors (Lipinski definition) is 3. The number of benzene rings is 2. The molecule has 1 fully saturated rings. The van der Waals surface area contributed by atoms with E-state index in [1.807, 2.05) is 18.2 Å². The summed E-state index contributed by atoms with van der Waals surface area (Å²) in [5.74, 6) is -0.0400. The van der Waals surface area contributed by atoms with Crippen molar-refractivity contribution in [1.82, 2.24) is 4.90 Å². The van der Waals surface area contributed by atoms with Crippen LogP contribution in [0.5, 0.6) is 5.75 Å². The molecule has 6 heteroatoms. The second-order valence-electron chi connectivity index (χ2n) is 5.52. The Balaban J connectivity index is 1.59. The lowest BCUT2D eigenvalue weighted by molar-refractivity contribution is -0.0498. The van der Waals surface area contributed by atoms with Gasteiger partial charge in [-0.2, -0.15) is 8.78 Å². The summed E-state index contributed by atoms with van der Waals surface area (Å²) in [6.07, 6.45) is 0. The number of anilines is 1. The van der Waals surface area contributed by atoms with Gasteiger partial charge < -0.3 is 14.5 Å². The first-order valence-electron chi connectivity index (χ1n) is 7.77. The maximum atomic E-state index is 12.5. The minimum Gasteiger partial charge on any atom is -0.435 e. The normalized spacial score (nSPS) is 14.8. The highest BCUT2D eigenvalue weighted by atomic mass is 19.3. The number of hydrogen-bond donors (Lipinski definition) is 0. The predicted molar refractivity (Wildman–Crippen MR) is 87.6 cm³/mol. The van der Waals surface area contributed by atoms with Crippen LogP contribution in [0.1, 0.15) is 10.4 Å². The molecule has 0 saturated carbocycles. The van der Waals surface area contributed by atoms with Gasteiger partial charge in [0.15, 0.2) is 0 Å². The Kier molecular flexibility index (Phi) is 4.93. The number of rotatable bonds is 4. The van der Waals surface area contributed by atoms with Gasteiger partial charge in [-0.1, -0.05) is 18.2 Å². The highest BCUT2D eigenvalue weighted by molar-refractivity contribution is 5.94. The van der Waals surface area contributed by atoms with Crippen LogP contribution in [0, 0.1) is 0 Å². The van der Waals surface area contributed by atoms with E-state index < -0.39 is 6.61 Å². The first-order valence-corrected chi connectivity index (χ1v) is 7.77. The molecule has 0 unspecified atom stereocenters. The molecule has 2 aromatic carbocycles. The Morgan fingerprint density at radius 2 is 1.54 bits per heavy atom. The molecule has 0 aromatic heterocycles. The van der Waals surface area contributed by atoms with Gasteiger partial charge in [0.05, 0.1) is 0 Å². The summed E-state index contributed by atoms with van der Waals surface area (Å²) in [6.45, 7) is -0.0749. The van der Waals surface area contributed by atoms with Crippen molar-refractivity contribution >= 4 is 11.6 Å². The first-order chi connectivity index (χ1) is 11.6. The molecule has 1 heterocycles. The molecular formula is C18H18F2N2O2. The maximum absolute atomic E-state index is 12.5. The second kappa shape index (κ2) is 7.29. The summed E-state index contributed by atoms with van der Waals surface area (Å²) in [7, 11) is 0. The van der Waals surface area contributed by atoms with E-state index in [9.17, 15) is 13.6 Å². The first kappa shape index (κ1) is 16.2. The monoisotopic (exact) mass is 332 g/mol. The van der Waals surface area contributed by atoms with E-state index in [2.05, 4.69) is 21.8 Å². The van der Waals surface area contributed by atoms with E-state index in [0.29, 0.717) is 18.7 Å². The van der Waals surface area contributed by atoms with E-state index in [1.165, 1.54) is 24.3 Å².